The Morgan fingerprint density at radius 3 is 2.68 bits per heavy atom. The van der Waals surface area contributed by atoms with Crippen LogP contribution in [0.5, 0.6) is 0 Å². The molecule has 2 N–H and O–H groups in total. The van der Waals surface area contributed by atoms with Gasteiger partial charge in [-0.1, -0.05) is 62.6 Å². The summed E-state index contributed by atoms with van der Waals surface area (Å²) in [5, 5.41) is 29.8. The molecule has 1 aromatic carbocycles. The van der Waals surface area contributed by atoms with E-state index in [1.165, 1.54) is 60.7 Å². The third-order valence-corrected chi connectivity index (χ3v) is 13.7. The fourth-order valence-corrected chi connectivity index (χ4v) is 11.4. The molecule has 4 unspecified atom stereocenters. The van der Waals surface area contributed by atoms with Gasteiger partial charge in [0.1, 0.15) is 10.6 Å². The number of para-hydroxylation sites is 2. The number of aromatic nitrogens is 4. The zero-order chi connectivity index (χ0) is 30.3. The number of fused-ring (bicyclic) bond motifs is 7. The Morgan fingerprint density at radius 1 is 1.07 bits per heavy atom. The number of allylic oxidation sites excluding steroid dienone is 1. The van der Waals surface area contributed by atoms with E-state index >= 15 is 0 Å². The summed E-state index contributed by atoms with van der Waals surface area (Å²) in [6, 6.07) is 8.22. The number of carbonyl (C=O) groups is 1. The van der Waals surface area contributed by atoms with Crippen molar-refractivity contribution in [3.05, 3.63) is 53.5 Å². The molecule has 8 rings (SSSR count). The summed E-state index contributed by atoms with van der Waals surface area (Å²) in [6.07, 6.45) is 16.7. The Hall–Kier alpha value is -2.55. The first-order valence-electron chi connectivity index (χ1n) is 16.8. The fraction of sp³-hybridized carbons (Fsp3) is 0.611. The highest BCUT2D eigenvalue weighted by Gasteiger charge is 2.68. The summed E-state index contributed by atoms with van der Waals surface area (Å²) in [4.78, 5) is 23.0. The highest BCUT2D eigenvalue weighted by atomic mass is 32.2. The normalized spacial score (nSPS) is 36.7. The third kappa shape index (κ3) is 4.23. The number of aliphatic hydroxyl groups is 2. The van der Waals surface area contributed by atoms with Crippen LogP contribution in [0, 0.1) is 28.6 Å². The molecule has 8 heteroatoms. The standard InChI is InChI=1S/C36H44N4O3S/c1-34-17-22-19-38-40(24-8-4-3-5-9-24)29(22)16-23(34)12-13-25-26-14-15-36(43,35(26,2)18-30(41)33(25)34)31(42)21-44-32-20-37-27-10-6-7-11-28(27)39-32/h6-7,10-11,16,19-20,24-26,30,33,41,43H,3-5,8-9,12-15,17-18,21H2,1-2H3/t25?,26-,30-,33?,34?,35?,36-/m0/s1. The number of benzene rings is 1. The van der Waals surface area contributed by atoms with E-state index in [2.05, 4.69) is 40.8 Å². The molecule has 0 saturated heterocycles. The van der Waals surface area contributed by atoms with E-state index in [9.17, 15) is 15.0 Å². The van der Waals surface area contributed by atoms with E-state index in [1.807, 2.05) is 24.3 Å². The van der Waals surface area contributed by atoms with E-state index in [-0.39, 0.29) is 34.7 Å². The number of ketones is 1. The monoisotopic (exact) mass is 612 g/mol. The summed E-state index contributed by atoms with van der Waals surface area (Å²) in [5.41, 5.74) is 3.47. The summed E-state index contributed by atoms with van der Waals surface area (Å²) < 4.78 is 2.31. The Morgan fingerprint density at radius 2 is 1.86 bits per heavy atom. The van der Waals surface area contributed by atoms with E-state index in [0.717, 1.165) is 36.7 Å². The van der Waals surface area contributed by atoms with E-state index < -0.39 is 17.1 Å². The van der Waals surface area contributed by atoms with E-state index in [0.29, 0.717) is 23.9 Å². The summed E-state index contributed by atoms with van der Waals surface area (Å²) in [7, 11) is 0. The molecule has 7 atom stereocenters. The summed E-state index contributed by atoms with van der Waals surface area (Å²) >= 11 is 1.35. The average molecular weight is 613 g/mol. The molecule has 0 radical (unpaired) electrons. The van der Waals surface area contributed by atoms with Crippen molar-refractivity contribution in [3.8, 4) is 0 Å². The minimum Gasteiger partial charge on any atom is -0.393 e. The van der Waals surface area contributed by atoms with Gasteiger partial charge in [0.25, 0.3) is 0 Å². The second kappa shape index (κ2) is 10.5. The highest BCUT2D eigenvalue weighted by Crippen LogP contribution is 2.67. The van der Waals surface area contributed by atoms with Crippen LogP contribution >= 0.6 is 11.8 Å². The first kappa shape index (κ1) is 28.9. The van der Waals surface area contributed by atoms with Crippen LogP contribution in [0.4, 0.5) is 0 Å². The molecule has 232 valence electrons. The van der Waals surface area contributed by atoms with Gasteiger partial charge in [-0.2, -0.15) is 5.10 Å². The number of aliphatic hydroxyl groups excluding tert-OH is 1. The summed E-state index contributed by atoms with van der Waals surface area (Å²) in [5.74, 6) is 0.607. The number of rotatable bonds is 5. The number of nitrogens with zero attached hydrogens (tertiary/aromatic N) is 4. The molecule has 0 aliphatic heterocycles. The molecule has 0 spiro atoms. The number of Topliss-reactive ketones (excluding diaryl/α,β-unsaturated/α-hetero) is 1. The van der Waals surface area contributed by atoms with Gasteiger partial charge in [0.15, 0.2) is 5.78 Å². The lowest BCUT2D eigenvalue weighted by molar-refractivity contribution is -0.177. The molecule has 44 heavy (non-hydrogen) atoms. The molecule has 0 bridgehead atoms. The van der Waals surface area contributed by atoms with Gasteiger partial charge < -0.3 is 10.2 Å². The van der Waals surface area contributed by atoms with Crippen molar-refractivity contribution in [3.63, 3.8) is 0 Å². The van der Waals surface area contributed by atoms with Crippen LogP contribution in [0.1, 0.15) is 95.4 Å². The number of hydrogen-bond donors (Lipinski definition) is 2. The van der Waals surface area contributed by atoms with Crippen LogP contribution in [-0.4, -0.2) is 53.2 Å². The largest absolute Gasteiger partial charge is 0.393 e. The smallest absolute Gasteiger partial charge is 0.175 e. The maximum absolute atomic E-state index is 13.9. The van der Waals surface area contributed by atoms with Gasteiger partial charge in [0.2, 0.25) is 0 Å². The van der Waals surface area contributed by atoms with Crippen molar-refractivity contribution in [2.75, 3.05) is 5.75 Å². The number of carbonyl (C=O) groups excluding carboxylic acids is 1. The van der Waals surface area contributed by atoms with Crippen LogP contribution in [-0.2, 0) is 11.2 Å². The van der Waals surface area contributed by atoms with Crippen molar-refractivity contribution in [1.82, 2.24) is 19.7 Å². The minimum atomic E-state index is -1.45. The van der Waals surface area contributed by atoms with Crippen LogP contribution < -0.4 is 0 Å². The molecular weight excluding hydrogens is 568 g/mol. The average Bonchev–Trinajstić information content (AvgIpc) is 3.55. The predicted octanol–water partition coefficient (Wildman–Crippen LogP) is 6.58. The van der Waals surface area contributed by atoms with Gasteiger partial charge in [-0.15, -0.1) is 0 Å². The SMILES string of the molecule is CC12Cc3cnn(C4CCCCC4)c3C=C1CCC1C2[C@@H](O)CC2(C)[C@H]1CC[C@]2(O)C(=O)CSc1cnc2ccccc2n1. The Balaban J connectivity index is 1.03. The molecule has 0 amide bonds. The molecule has 2 heterocycles. The van der Waals surface area contributed by atoms with Crippen LogP contribution in [0.25, 0.3) is 17.1 Å². The Bertz CT molecular complexity index is 1650. The molecule has 2 aromatic heterocycles. The Labute approximate surface area is 263 Å². The number of hydrogen-bond acceptors (Lipinski definition) is 7. The number of thioether (sulfide) groups is 1. The lowest BCUT2D eigenvalue weighted by Crippen LogP contribution is -2.62. The van der Waals surface area contributed by atoms with E-state index in [1.54, 1.807) is 6.20 Å². The lowest BCUT2D eigenvalue weighted by atomic mass is 9.45. The van der Waals surface area contributed by atoms with Crippen LogP contribution in [0.3, 0.4) is 0 Å². The summed E-state index contributed by atoms with van der Waals surface area (Å²) in [6.45, 7) is 4.46. The zero-order valence-electron chi connectivity index (χ0n) is 25.9. The zero-order valence-corrected chi connectivity index (χ0v) is 26.7. The Kier molecular flexibility index (Phi) is 6.89. The van der Waals surface area contributed by atoms with Gasteiger partial charge in [-0.25, -0.2) is 4.98 Å². The molecule has 3 aromatic rings. The molecule has 7 nitrogen and oxygen atoms in total. The van der Waals surface area contributed by atoms with Gasteiger partial charge in [-0.3, -0.25) is 14.5 Å². The van der Waals surface area contributed by atoms with Crippen molar-refractivity contribution >= 4 is 34.7 Å². The first-order chi connectivity index (χ1) is 21.2. The van der Waals surface area contributed by atoms with Gasteiger partial charge in [0, 0.05) is 5.41 Å². The van der Waals surface area contributed by atoms with Crippen LogP contribution in [0.15, 0.2) is 47.3 Å². The maximum Gasteiger partial charge on any atom is 0.175 e. The highest BCUT2D eigenvalue weighted by molar-refractivity contribution is 7.99. The van der Waals surface area contributed by atoms with Gasteiger partial charge in [0.05, 0.1) is 47.0 Å². The molecule has 5 aliphatic carbocycles. The molecule has 4 saturated carbocycles. The van der Waals surface area contributed by atoms with Gasteiger partial charge >= 0.3 is 0 Å². The fourth-order valence-electron chi connectivity index (χ4n) is 10.6. The minimum absolute atomic E-state index is 0.117. The molecule has 4 fully saturated rings. The molecule has 5 aliphatic rings. The van der Waals surface area contributed by atoms with Gasteiger partial charge in [-0.05, 0) is 98.3 Å². The quantitative estimate of drug-likeness (QED) is 0.314. The van der Waals surface area contributed by atoms with Crippen molar-refractivity contribution < 1.29 is 15.0 Å². The topological polar surface area (TPSA) is 101 Å². The molecular formula is C36H44N4O3S. The predicted molar refractivity (Wildman–Crippen MR) is 172 cm³/mol. The van der Waals surface area contributed by atoms with Crippen LogP contribution in [0.2, 0.25) is 0 Å². The lowest BCUT2D eigenvalue weighted by Gasteiger charge is -2.60. The second-order valence-corrected chi connectivity index (χ2v) is 15.9. The maximum atomic E-state index is 13.9. The first-order valence-corrected chi connectivity index (χ1v) is 17.8. The second-order valence-electron chi connectivity index (χ2n) is 14.9. The van der Waals surface area contributed by atoms with Crippen molar-refractivity contribution in [2.24, 2.45) is 28.6 Å². The van der Waals surface area contributed by atoms with Crippen molar-refractivity contribution in [2.45, 2.75) is 107 Å². The van der Waals surface area contributed by atoms with E-state index in [4.69, 9.17) is 5.10 Å². The third-order valence-electron chi connectivity index (χ3n) is 12.8. The van der Waals surface area contributed by atoms with Crippen molar-refractivity contribution in [1.29, 1.82) is 0 Å².